The number of carbonyl (C=O) groups excluding carboxylic acids is 1. The van der Waals surface area contributed by atoms with Crippen LogP contribution >= 0.6 is 12.4 Å². The number of hydrogen-bond acceptors (Lipinski definition) is 3. The van der Waals surface area contributed by atoms with Crippen LogP contribution in [0.5, 0.6) is 0 Å². The van der Waals surface area contributed by atoms with Crippen LogP contribution in [0.15, 0.2) is 0 Å². The van der Waals surface area contributed by atoms with Crippen molar-refractivity contribution in [2.24, 2.45) is 11.7 Å². The van der Waals surface area contributed by atoms with Gasteiger partial charge >= 0.3 is 0 Å². The van der Waals surface area contributed by atoms with Crippen molar-refractivity contribution < 1.29 is 9.53 Å². The second kappa shape index (κ2) is 7.97. The highest BCUT2D eigenvalue weighted by Gasteiger charge is 2.24. The average Bonchev–Trinajstić information content (AvgIpc) is 2.82. The monoisotopic (exact) mass is 276 g/mol. The van der Waals surface area contributed by atoms with Gasteiger partial charge in [-0.3, -0.25) is 4.79 Å². The Bertz CT molecular complexity index is 257. The minimum atomic E-state index is 0. The average molecular weight is 277 g/mol. The molecule has 4 nitrogen and oxygen atoms in total. The third-order valence-corrected chi connectivity index (χ3v) is 3.97. The Kier molecular flexibility index (Phi) is 6.97. The lowest BCUT2D eigenvalue weighted by Crippen LogP contribution is -2.38. The molecular formula is C13H25ClN2O2. The van der Waals surface area contributed by atoms with E-state index in [2.05, 4.69) is 5.32 Å². The zero-order valence-corrected chi connectivity index (χ0v) is 11.7. The summed E-state index contributed by atoms with van der Waals surface area (Å²) in [4.78, 5) is 11.8. The molecule has 1 heterocycles. The molecule has 0 bridgehead atoms. The first kappa shape index (κ1) is 15.7. The maximum atomic E-state index is 11.8. The summed E-state index contributed by atoms with van der Waals surface area (Å²) < 4.78 is 5.48. The zero-order valence-electron chi connectivity index (χ0n) is 10.9. The summed E-state index contributed by atoms with van der Waals surface area (Å²) in [5.74, 6) is 0.524. The molecule has 1 amide bonds. The number of amides is 1. The summed E-state index contributed by atoms with van der Waals surface area (Å²) in [5.41, 5.74) is 6.04. The maximum absolute atomic E-state index is 11.8. The molecule has 5 heteroatoms. The number of halogens is 1. The first-order chi connectivity index (χ1) is 8.25. The van der Waals surface area contributed by atoms with E-state index in [-0.39, 0.29) is 30.5 Å². The second-order valence-corrected chi connectivity index (χ2v) is 5.35. The Morgan fingerprint density at radius 3 is 2.67 bits per heavy atom. The van der Waals surface area contributed by atoms with E-state index in [0.29, 0.717) is 18.9 Å². The van der Waals surface area contributed by atoms with Crippen LogP contribution in [0.25, 0.3) is 0 Å². The Hall–Kier alpha value is -0.320. The minimum Gasteiger partial charge on any atom is -0.376 e. The lowest BCUT2D eigenvalue weighted by atomic mass is 9.83. The van der Waals surface area contributed by atoms with E-state index < -0.39 is 0 Å². The van der Waals surface area contributed by atoms with Crippen LogP contribution in [0, 0.1) is 5.92 Å². The van der Waals surface area contributed by atoms with Gasteiger partial charge in [0.05, 0.1) is 6.10 Å². The molecule has 3 unspecified atom stereocenters. The van der Waals surface area contributed by atoms with E-state index in [9.17, 15) is 4.79 Å². The number of nitrogens with one attached hydrogen (secondary N) is 1. The molecule has 1 saturated heterocycles. The van der Waals surface area contributed by atoms with Gasteiger partial charge in [-0.05, 0) is 31.6 Å². The molecule has 1 aliphatic heterocycles. The fraction of sp³-hybridized carbons (Fsp3) is 0.923. The van der Waals surface area contributed by atoms with Gasteiger partial charge < -0.3 is 15.8 Å². The Balaban J connectivity index is 0.00000162. The van der Waals surface area contributed by atoms with Crippen LogP contribution in [0.2, 0.25) is 0 Å². The third kappa shape index (κ3) is 4.75. The highest BCUT2D eigenvalue weighted by atomic mass is 35.5. The standard InChI is InChI=1S/C13H24N2O2.ClH/c14-12-6-2-1-4-10(12)8-13(16)15-9-11-5-3-7-17-11;/h10-12H,1-9,14H2,(H,15,16);1H. The van der Waals surface area contributed by atoms with Crippen molar-refractivity contribution in [3.8, 4) is 0 Å². The number of rotatable bonds is 4. The van der Waals surface area contributed by atoms with Crippen LogP contribution in [-0.4, -0.2) is 31.2 Å². The summed E-state index contributed by atoms with van der Waals surface area (Å²) in [5, 5.41) is 2.97. The van der Waals surface area contributed by atoms with Gasteiger partial charge in [0.2, 0.25) is 5.91 Å². The van der Waals surface area contributed by atoms with Gasteiger partial charge in [-0.2, -0.15) is 0 Å². The SMILES string of the molecule is Cl.NC1CCCCC1CC(=O)NCC1CCCO1. The molecule has 1 saturated carbocycles. The van der Waals surface area contributed by atoms with Gasteiger partial charge in [0.15, 0.2) is 0 Å². The van der Waals surface area contributed by atoms with E-state index in [4.69, 9.17) is 10.5 Å². The maximum Gasteiger partial charge on any atom is 0.220 e. The molecule has 0 spiro atoms. The van der Waals surface area contributed by atoms with Crippen molar-refractivity contribution in [2.75, 3.05) is 13.2 Å². The van der Waals surface area contributed by atoms with Gasteiger partial charge in [-0.25, -0.2) is 0 Å². The van der Waals surface area contributed by atoms with Crippen molar-refractivity contribution in [1.29, 1.82) is 0 Å². The second-order valence-electron chi connectivity index (χ2n) is 5.35. The van der Waals surface area contributed by atoms with Crippen molar-refractivity contribution in [3.63, 3.8) is 0 Å². The van der Waals surface area contributed by atoms with Gasteiger partial charge in [-0.1, -0.05) is 12.8 Å². The minimum absolute atomic E-state index is 0. The quantitative estimate of drug-likeness (QED) is 0.820. The summed E-state index contributed by atoms with van der Waals surface area (Å²) in [7, 11) is 0. The van der Waals surface area contributed by atoms with Crippen LogP contribution < -0.4 is 11.1 Å². The van der Waals surface area contributed by atoms with Crippen LogP contribution in [0.3, 0.4) is 0 Å². The van der Waals surface area contributed by atoms with Gasteiger partial charge in [-0.15, -0.1) is 12.4 Å². The fourth-order valence-electron chi connectivity index (χ4n) is 2.83. The molecular weight excluding hydrogens is 252 g/mol. The molecule has 18 heavy (non-hydrogen) atoms. The molecule has 3 atom stereocenters. The zero-order chi connectivity index (χ0) is 12.1. The number of hydrogen-bond donors (Lipinski definition) is 2. The number of ether oxygens (including phenoxy) is 1. The predicted octanol–water partition coefficient (Wildman–Crippen LogP) is 1.61. The molecule has 2 aliphatic rings. The fourth-order valence-corrected chi connectivity index (χ4v) is 2.83. The molecule has 3 N–H and O–H groups in total. The number of carbonyl (C=O) groups is 1. The smallest absolute Gasteiger partial charge is 0.220 e. The Morgan fingerprint density at radius 2 is 2.00 bits per heavy atom. The van der Waals surface area contributed by atoms with Crippen LogP contribution in [0.4, 0.5) is 0 Å². The molecule has 1 aliphatic carbocycles. The Morgan fingerprint density at radius 1 is 1.22 bits per heavy atom. The molecule has 2 fully saturated rings. The van der Waals surface area contributed by atoms with E-state index >= 15 is 0 Å². The van der Waals surface area contributed by atoms with Crippen molar-refractivity contribution in [2.45, 2.75) is 57.1 Å². The molecule has 2 rings (SSSR count). The van der Waals surface area contributed by atoms with E-state index in [1.165, 1.54) is 12.8 Å². The van der Waals surface area contributed by atoms with Crippen molar-refractivity contribution in [1.82, 2.24) is 5.32 Å². The first-order valence-electron chi connectivity index (χ1n) is 6.89. The molecule has 0 aromatic carbocycles. The highest BCUT2D eigenvalue weighted by Crippen LogP contribution is 2.25. The highest BCUT2D eigenvalue weighted by molar-refractivity contribution is 5.85. The summed E-state index contributed by atoms with van der Waals surface area (Å²) in [6.45, 7) is 1.51. The van der Waals surface area contributed by atoms with Crippen molar-refractivity contribution in [3.05, 3.63) is 0 Å². The van der Waals surface area contributed by atoms with E-state index in [1.807, 2.05) is 0 Å². The van der Waals surface area contributed by atoms with Gasteiger partial charge in [0, 0.05) is 25.6 Å². The third-order valence-electron chi connectivity index (χ3n) is 3.97. The van der Waals surface area contributed by atoms with E-state index in [1.54, 1.807) is 0 Å². The lowest BCUT2D eigenvalue weighted by molar-refractivity contribution is -0.122. The largest absolute Gasteiger partial charge is 0.376 e. The predicted molar refractivity (Wildman–Crippen MR) is 73.8 cm³/mol. The van der Waals surface area contributed by atoms with Crippen LogP contribution in [-0.2, 0) is 9.53 Å². The lowest BCUT2D eigenvalue weighted by Gasteiger charge is -2.28. The summed E-state index contributed by atoms with van der Waals surface area (Å²) >= 11 is 0. The Labute approximate surface area is 115 Å². The van der Waals surface area contributed by atoms with Gasteiger partial charge in [0.25, 0.3) is 0 Å². The van der Waals surface area contributed by atoms with E-state index in [0.717, 1.165) is 32.3 Å². The van der Waals surface area contributed by atoms with Gasteiger partial charge in [0.1, 0.15) is 0 Å². The normalized spacial score (nSPS) is 31.7. The molecule has 106 valence electrons. The first-order valence-corrected chi connectivity index (χ1v) is 6.89. The summed E-state index contributed by atoms with van der Waals surface area (Å²) in [6, 6.07) is 0.220. The van der Waals surface area contributed by atoms with Crippen molar-refractivity contribution >= 4 is 18.3 Å². The topological polar surface area (TPSA) is 64.4 Å². The number of nitrogens with two attached hydrogens (primary N) is 1. The summed E-state index contributed by atoms with van der Waals surface area (Å²) in [6.07, 6.45) is 7.63. The molecule has 0 radical (unpaired) electrons. The van der Waals surface area contributed by atoms with Crippen LogP contribution in [0.1, 0.15) is 44.9 Å². The molecule has 0 aromatic rings. The molecule has 0 aromatic heterocycles.